The van der Waals surface area contributed by atoms with Crippen molar-refractivity contribution in [3.05, 3.63) is 54.0 Å². The van der Waals surface area contributed by atoms with Crippen LogP contribution in [0.25, 0.3) is 0 Å². The number of allylic oxidation sites excluding steroid dienone is 1. The molecule has 1 heterocycles. The summed E-state index contributed by atoms with van der Waals surface area (Å²) in [6, 6.07) is 9.87. The lowest BCUT2D eigenvalue weighted by molar-refractivity contribution is 0.590. The Balaban J connectivity index is 2.09. The second-order valence-corrected chi connectivity index (χ2v) is 7.68. The topological polar surface area (TPSA) is 34.1 Å². The third kappa shape index (κ3) is 3.27. The third-order valence-corrected chi connectivity index (χ3v) is 6.06. The number of hydrogen-bond acceptors (Lipinski definition) is 3. The molecule has 0 N–H and O–H groups in total. The van der Waals surface area contributed by atoms with Crippen LogP contribution in [0, 0.1) is 0 Å². The van der Waals surface area contributed by atoms with Crippen LogP contribution in [0.3, 0.4) is 0 Å². The molecule has 0 radical (unpaired) electrons. The maximum atomic E-state index is 12.0. The van der Waals surface area contributed by atoms with Gasteiger partial charge in [-0.15, -0.1) is 6.58 Å². The van der Waals surface area contributed by atoms with Gasteiger partial charge in [0.05, 0.1) is 11.0 Å². The number of rotatable bonds is 5. The lowest BCUT2D eigenvalue weighted by Crippen LogP contribution is -2.15. The Morgan fingerprint density at radius 2 is 2.06 bits per heavy atom. The van der Waals surface area contributed by atoms with Crippen molar-refractivity contribution in [2.45, 2.75) is 23.0 Å². The lowest BCUT2D eigenvalue weighted by atomic mass is 10.2. The first kappa shape index (κ1) is 13.4. The number of thioether (sulfide) groups is 1. The van der Waals surface area contributed by atoms with Crippen LogP contribution >= 0.6 is 11.8 Å². The molecule has 18 heavy (non-hydrogen) atoms. The van der Waals surface area contributed by atoms with Crippen LogP contribution in [-0.2, 0) is 9.84 Å². The van der Waals surface area contributed by atoms with Crippen LogP contribution in [0.2, 0.25) is 0 Å². The highest BCUT2D eigenvalue weighted by Crippen LogP contribution is 2.34. The Morgan fingerprint density at radius 1 is 1.33 bits per heavy atom. The first-order chi connectivity index (χ1) is 8.62. The highest BCUT2D eigenvalue weighted by Gasteiger charge is 2.31. The molecule has 0 aliphatic carbocycles. The van der Waals surface area contributed by atoms with E-state index in [0.717, 1.165) is 16.2 Å². The normalized spacial score (nSPS) is 21.6. The highest BCUT2D eigenvalue weighted by atomic mass is 32.2. The molecular formula is C14H16O2S2. The molecule has 0 amide bonds. The fourth-order valence-electron chi connectivity index (χ4n) is 1.91. The standard InChI is InChI=1S/C14H16O2S2/c1-2-3-9-14-10-13(11-18(14,15)16)17-12-7-5-4-6-8-12/h2,4-8,10,14H,1,3,9,11H2. The minimum absolute atomic E-state index is 0.175. The zero-order valence-electron chi connectivity index (χ0n) is 10.1. The quantitative estimate of drug-likeness (QED) is 0.775. The van der Waals surface area contributed by atoms with E-state index in [-0.39, 0.29) is 11.0 Å². The summed E-state index contributed by atoms with van der Waals surface area (Å²) in [6.45, 7) is 3.64. The Hall–Kier alpha value is -1.00. The SMILES string of the molecule is C=CCCC1C=C(Sc2ccccc2)CS1(=O)=O. The second kappa shape index (κ2) is 5.76. The van der Waals surface area contributed by atoms with Crippen molar-refractivity contribution in [3.63, 3.8) is 0 Å². The van der Waals surface area contributed by atoms with Gasteiger partial charge in [-0.25, -0.2) is 8.42 Å². The van der Waals surface area contributed by atoms with Crippen molar-refractivity contribution < 1.29 is 8.42 Å². The van der Waals surface area contributed by atoms with E-state index in [9.17, 15) is 8.42 Å². The summed E-state index contributed by atoms with van der Waals surface area (Å²) in [7, 11) is -2.99. The molecule has 1 aromatic rings. The molecule has 2 rings (SSSR count). The van der Waals surface area contributed by atoms with E-state index in [2.05, 4.69) is 6.58 Å². The van der Waals surface area contributed by atoms with Crippen molar-refractivity contribution >= 4 is 21.6 Å². The maximum Gasteiger partial charge on any atom is 0.161 e. The zero-order valence-corrected chi connectivity index (χ0v) is 11.7. The van der Waals surface area contributed by atoms with Crippen molar-refractivity contribution in [2.24, 2.45) is 0 Å². The Bertz CT molecular complexity index is 544. The Morgan fingerprint density at radius 3 is 2.72 bits per heavy atom. The molecular weight excluding hydrogens is 264 g/mol. The van der Waals surface area contributed by atoms with Gasteiger partial charge in [-0.1, -0.05) is 42.1 Å². The van der Waals surface area contributed by atoms with Gasteiger partial charge in [0.2, 0.25) is 0 Å². The van der Waals surface area contributed by atoms with E-state index in [4.69, 9.17) is 0 Å². The van der Waals surface area contributed by atoms with Crippen molar-refractivity contribution in [1.82, 2.24) is 0 Å². The predicted molar refractivity (Wildman–Crippen MR) is 77.4 cm³/mol. The molecule has 1 aromatic carbocycles. The first-order valence-corrected chi connectivity index (χ1v) is 8.41. The summed E-state index contributed by atoms with van der Waals surface area (Å²) >= 11 is 1.55. The summed E-state index contributed by atoms with van der Waals surface area (Å²) < 4.78 is 23.9. The zero-order chi connectivity index (χ0) is 13.0. The lowest BCUT2D eigenvalue weighted by Gasteiger charge is -2.04. The van der Waals surface area contributed by atoms with Crippen molar-refractivity contribution in [1.29, 1.82) is 0 Å². The van der Waals surface area contributed by atoms with Crippen LogP contribution in [-0.4, -0.2) is 19.4 Å². The van der Waals surface area contributed by atoms with Gasteiger partial charge in [0.1, 0.15) is 0 Å². The van der Waals surface area contributed by atoms with Gasteiger partial charge in [-0.3, -0.25) is 0 Å². The third-order valence-electron chi connectivity index (χ3n) is 2.82. The molecule has 2 nitrogen and oxygen atoms in total. The molecule has 1 aliphatic heterocycles. The van der Waals surface area contributed by atoms with E-state index < -0.39 is 9.84 Å². The van der Waals surface area contributed by atoms with Gasteiger partial charge in [-0.05, 0) is 25.0 Å². The largest absolute Gasteiger partial charge is 0.228 e. The highest BCUT2D eigenvalue weighted by molar-refractivity contribution is 8.05. The van der Waals surface area contributed by atoms with Crippen LogP contribution in [0.15, 0.2) is 58.9 Å². The van der Waals surface area contributed by atoms with E-state index in [1.807, 2.05) is 36.4 Å². The van der Waals surface area contributed by atoms with Gasteiger partial charge in [-0.2, -0.15) is 0 Å². The molecule has 0 spiro atoms. The number of hydrogen-bond donors (Lipinski definition) is 0. The molecule has 1 aliphatic rings. The summed E-state index contributed by atoms with van der Waals surface area (Å²) in [4.78, 5) is 2.03. The summed E-state index contributed by atoms with van der Waals surface area (Å²) in [5, 5.41) is -0.332. The van der Waals surface area contributed by atoms with Gasteiger partial charge < -0.3 is 0 Å². The molecule has 0 saturated carbocycles. The van der Waals surface area contributed by atoms with Crippen molar-refractivity contribution in [2.75, 3.05) is 5.75 Å². The molecule has 4 heteroatoms. The van der Waals surface area contributed by atoms with E-state index >= 15 is 0 Å². The number of benzene rings is 1. The van der Waals surface area contributed by atoms with Gasteiger partial charge in [0, 0.05) is 9.80 Å². The average Bonchev–Trinajstić information content (AvgIpc) is 2.62. The van der Waals surface area contributed by atoms with E-state index in [0.29, 0.717) is 6.42 Å². The summed E-state index contributed by atoms with van der Waals surface area (Å²) in [5.41, 5.74) is 0. The molecule has 0 aromatic heterocycles. The molecule has 0 fully saturated rings. The molecule has 0 bridgehead atoms. The fourth-order valence-corrected chi connectivity index (χ4v) is 5.13. The summed E-state index contributed by atoms with van der Waals surface area (Å²) in [5.74, 6) is 0.175. The molecule has 0 saturated heterocycles. The van der Waals surface area contributed by atoms with Crippen molar-refractivity contribution in [3.8, 4) is 0 Å². The van der Waals surface area contributed by atoms with Crippen LogP contribution in [0.1, 0.15) is 12.8 Å². The Kier molecular flexibility index (Phi) is 4.30. The van der Waals surface area contributed by atoms with E-state index in [1.165, 1.54) is 0 Å². The smallest absolute Gasteiger partial charge is 0.161 e. The second-order valence-electron chi connectivity index (χ2n) is 4.26. The average molecular weight is 280 g/mol. The molecule has 96 valence electrons. The van der Waals surface area contributed by atoms with Crippen LogP contribution in [0.5, 0.6) is 0 Å². The monoisotopic (exact) mass is 280 g/mol. The predicted octanol–water partition coefficient (Wildman–Crippen LogP) is 3.43. The van der Waals surface area contributed by atoms with Gasteiger partial charge >= 0.3 is 0 Å². The molecule has 1 atom stereocenters. The van der Waals surface area contributed by atoms with Gasteiger partial charge in [0.15, 0.2) is 9.84 Å². The molecule has 1 unspecified atom stereocenters. The number of sulfone groups is 1. The maximum absolute atomic E-state index is 12.0. The minimum Gasteiger partial charge on any atom is -0.228 e. The first-order valence-electron chi connectivity index (χ1n) is 5.88. The van der Waals surface area contributed by atoms with E-state index in [1.54, 1.807) is 17.8 Å². The van der Waals surface area contributed by atoms with Crippen LogP contribution in [0.4, 0.5) is 0 Å². The fraction of sp³-hybridized carbons (Fsp3) is 0.286. The minimum atomic E-state index is -2.99. The van der Waals surface area contributed by atoms with Gasteiger partial charge in [0.25, 0.3) is 0 Å². The Labute approximate surface area is 113 Å². The summed E-state index contributed by atoms with van der Waals surface area (Å²) in [6.07, 6.45) is 5.05. The van der Waals surface area contributed by atoms with Crippen LogP contribution < -0.4 is 0 Å².